The highest BCUT2D eigenvalue weighted by atomic mass is 16.5. The van der Waals surface area contributed by atoms with Crippen molar-refractivity contribution in [1.29, 1.82) is 0 Å². The van der Waals surface area contributed by atoms with Gasteiger partial charge in [-0.05, 0) is 66.8 Å². The van der Waals surface area contributed by atoms with E-state index >= 15 is 0 Å². The molecule has 2 atom stereocenters. The number of ether oxygens (including phenoxy) is 1. The molecule has 0 aliphatic rings. The summed E-state index contributed by atoms with van der Waals surface area (Å²) in [6.07, 6.45) is 6.66. The Hall–Kier alpha value is -5.70. The smallest absolute Gasteiger partial charge is 0.306 e. The molecular weight excluding hydrogens is 689 g/mol. The number of primary amides is 1. The van der Waals surface area contributed by atoms with Gasteiger partial charge >= 0.3 is 5.97 Å². The lowest BCUT2D eigenvalue weighted by molar-refractivity contribution is -0.145. The topological polar surface area (TPSA) is 124 Å². The van der Waals surface area contributed by atoms with Crippen LogP contribution in [0.3, 0.4) is 0 Å². The third-order valence-electron chi connectivity index (χ3n) is 9.89. The summed E-state index contributed by atoms with van der Waals surface area (Å²) < 4.78 is 7.55. The number of carbonyl (C=O) groups excluding carboxylic acids is 4. The van der Waals surface area contributed by atoms with Crippen molar-refractivity contribution in [2.45, 2.75) is 96.9 Å². The molecule has 0 radical (unpaired) electrons. The van der Waals surface area contributed by atoms with Gasteiger partial charge in [-0.15, -0.1) is 0 Å². The van der Waals surface area contributed by atoms with Crippen LogP contribution in [-0.2, 0) is 45.1 Å². The molecule has 0 saturated heterocycles. The second-order valence-electron chi connectivity index (χ2n) is 14.2. The predicted molar refractivity (Wildman–Crippen MR) is 217 cm³/mol. The molecule has 0 bridgehead atoms. The maximum atomic E-state index is 14.7. The molecule has 0 unspecified atom stereocenters. The normalized spacial score (nSPS) is 12.2. The molecule has 0 spiro atoms. The van der Waals surface area contributed by atoms with Crippen LogP contribution in [0.15, 0.2) is 115 Å². The van der Waals surface area contributed by atoms with Crippen LogP contribution < -0.4 is 11.1 Å². The summed E-state index contributed by atoms with van der Waals surface area (Å²) >= 11 is 0. The number of aromatic nitrogens is 1. The second-order valence-corrected chi connectivity index (χ2v) is 14.2. The first-order chi connectivity index (χ1) is 26.7. The number of unbranched alkanes of at least 4 members (excludes halogenated alkanes) is 1. The lowest BCUT2D eigenvalue weighted by Gasteiger charge is -2.34. The van der Waals surface area contributed by atoms with Gasteiger partial charge in [0.25, 0.3) is 5.91 Å². The first-order valence-corrected chi connectivity index (χ1v) is 19.5. The minimum absolute atomic E-state index is 0.0250. The van der Waals surface area contributed by atoms with E-state index in [2.05, 4.69) is 36.5 Å². The first kappa shape index (κ1) is 40.5. The average Bonchev–Trinajstić information content (AvgIpc) is 3.56. The molecule has 0 aliphatic carbocycles. The molecule has 0 saturated carbocycles. The molecule has 9 heteroatoms. The Balaban J connectivity index is 1.39. The number of esters is 1. The van der Waals surface area contributed by atoms with Gasteiger partial charge in [0.1, 0.15) is 12.6 Å². The summed E-state index contributed by atoms with van der Waals surface area (Å²) in [4.78, 5) is 56.0. The third-order valence-corrected chi connectivity index (χ3v) is 9.89. The van der Waals surface area contributed by atoms with Crippen molar-refractivity contribution in [3.63, 3.8) is 0 Å². The van der Waals surface area contributed by atoms with Gasteiger partial charge in [0.2, 0.25) is 11.8 Å². The fourth-order valence-corrected chi connectivity index (χ4v) is 7.03. The molecule has 3 amide bonds. The van der Waals surface area contributed by atoms with Crippen molar-refractivity contribution in [1.82, 2.24) is 14.8 Å². The predicted octanol–water partition coefficient (Wildman–Crippen LogP) is 7.77. The van der Waals surface area contributed by atoms with E-state index in [1.807, 2.05) is 103 Å². The number of fused-ring (bicyclic) bond motifs is 1. The third kappa shape index (κ3) is 11.9. The number of carbonyl (C=O) groups is 4. The fraction of sp³-hybridized carbons (Fsp3) is 0.348. The number of hydrogen-bond acceptors (Lipinski definition) is 5. The lowest BCUT2D eigenvalue weighted by Crippen LogP contribution is -2.53. The molecule has 55 heavy (non-hydrogen) atoms. The number of aryl methyl sites for hydroxylation is 1. The Morgan fingerprint density at radius 3 is 2.09 bits per heavy atom. The largest absolute Gasteiger partial charge is 0.461 e. The molecule has 0 fully saturated rings. The average molecular weight is 743 g/mol. The number of hydrogen-bond donors (Lipinski definition) is 2. The van der Waals surface area contributed by atoms with Crippen LogP contribution in [0.1, 0.15) is 91.4 Å². The van der Waals surface area contributed by atoms with E-state index in [0.29, 0.717) is 37.9 Å². The highest BCUT2D eigenvalue weighted by molar-refractivity contribution is 6.08. The lowest BCUT2D eigenvalue weighted by atomic mass is 9.97. The Bertz CT molecular complexity index is 1990. The van der Waals surface area contributed by atoms with Crippen LogP contribution in [0.4, 0.5) is 0 Å². The monoisotopic (exact) mass is 742 g/mol. The Morgan fingerprint density at radius 1 is 0.764 bits per heavy atom. The van der Waals surface area contributed by atoms with Crippen molar-refractivity contribution in [2.75, 3.05) is 6.54 Å². The van der Waals surface area contributed by atoms with Crippen LogP contribution in [0.25, 0.3) is 10.9 Å². The number of rotatable bonds is 21. The SMILES string of the molecule is CCCCc1ccc(C[C@@H](CC(N)=O)N(CCC)C(=O)[C@H](CCCC(=O)OCc2ccccc2)NC(=O)c2cn(Cc3ccccc3)c3ccccc23)cc1. The molecule has 1 heterocycles. The van der Waals surface area contributed by atoms with E-state index in [1.165, 1.54) is 5.56 Å². The van der Waals surface area contributed by atoms with Gasteiger partial charge in [-0.3, -0.25) is 19.2 Å². The quantitative estimate of drug-likeness (QED) is 0.0744. The number of para-hydroxylation sites is 1. The first-order valence-electron chi connectivity index (χ1n) is 19.5. The van der Waals surface area contributed by atoms with Gasteiger partial charge in [-0.25, -0.2) is 0 Å². The van der Waals surface area contributed by atoms with E-state index in [4.69, 9.17) is 10.5 Å². The minimum Gasteiger partial charge on any atom is -0.461 e. The zero-order valence-electron chi connectivity index (χ0n) is 32.1. The molecule has 3 N–H and O–H groups in total. The van der Waals surface area contributed by atoms with Crippen LogP contribution in [-0.4, -0.2) is 51.8 Å². The summed E-state index contributed by atoms with van der Waals surface area (Å²) in [5.74, 6) is -1.60. The highest BCUT2D eigenvalue weighted by Crippen LogP contribution is 2.24. The van der Waals surface area contributed by atoms with E-state index in [9.17, 15) is 19.2 Å². The number of nitrogens with two attached hydrogens (primary N) is 1. The molecular formula is C46H54N4O5. The zero-order valence-corrected chi connectivity index (χ0v) is 32.1. The molecule has 1 aromatic heterocycles. The standard InChI is InChI=1S/C46H54N4O5/c1-3-5-15-34-24-26-35(27-25-34)29-38(30-43(47)51)50(28-4-2)46(54)41(21-14-23-44(52)55-33-37-18-10-7-11-19-37)48-45(53)40-32-49(31-36-16-8-6-9-17-36)42-22-13-12-20-39(40)42/h6-13,16-20,22,24-27,32,38,41H,3-5,14-15,21,23,28-31,33H2,1-2H3,(H2,47,51)(H,48,53)/t38-,41-/m0/s1. The van der Waals surface area contributed by atoms with Crippen LogP contribution in [0.2, 0.25) is 0 Å². The number of nitrogens with zero attached hydrogens (tertiary/aromatic N) is 2. The van der Waals surface area contributed by atoms with Crippen LogP contribution in [0.5, 0.6) is 0 Å². The van der Waals surface area contributed by atoms with Crippen LogP contribution >= 0.6 is 0 Å². The summed E-state index contributed by atoms with van der Waals surface area (Å²) in [6.45, 7) is 5.24. The summed E-state index contributed by atoms with van der Waals surface area (Å²) in [6, 6.07) is 34.0. The molecule has 0 aliphatic heterocycles. The van der Waals surface area contributed by atoms with Gasteiger partial charge < -0.3 is 25.3 Å². The number of nitrogens with one attached hydrogen (secondary N) is 1. The zero-order chi connectivity index (χ0) is 39.0. The van der Waals surface area contributed by atoms with E-state index in [1.54, 1.807) is 4.90 Å². The Morgan fingerprint density at radius 2 is 1.42 bits per heavy atom. The molecule has 5 aromatic rings. The summed E-state index contributed by atoms with van der Waals surface area (Å²) in [5, 5.41) is 3.83. The van der Waals surface area contributed by atoms with Gasteiger partial charge in [0.15, 0.2) is 0 Å². The molecule has 4 aromatic carbocycles. The van der Waals surface area contributed by atoms with Crippen LogP contribution in [0, 0.1) is 0 Å². The molecule has 9 nitrogen and oxygen atoms in total. The number of benzene rings is 4. The van der Waals surface area contributed by atoms with E-state index in [0.717, 1.165) is 46.9 Å². The van der Waals surface area contributed by atoms with Gasteiger partial charge in [-0.2, -0.15) is 0 Å². The van der Waals surface area contributed by atoms with E-state index in [-0.39, 0.29) is 37.7 Å². The maximum absolute atomic E-state index is 14.7. The maximum Gasteiger partial charge on any atom is 0.306 e. The van der Waals surface area contributed by atoms with Crippen molar-refractivity contribution < 1.29 is 23.9 Å². The van der Waals surface area contributed by atoms with Crippen molar-refractivity contribution in [2.24, 2.45) is 5.73 Å². The molecule has 5 rings (SSSR count). The summed E-state index contributed by atoms with van der Waals surface area (Å²) in [5.41, 5.74) is 11.3. The minimum atomic E-state index is -0.969. The highest BCUT2D eigenvalue weighted by Gasteiger charge is 2.32. The molecule has 288 valence electrons. The Labute approximate surface area is 324 Å². The van der Waals surface area contributed by atoms with Crippen molar-refractivity contribution >= 4 is 34.6 Å². The van der Waals surface area contributed by atoms with Crippen molar-refractivity contribution in [3.8, 4) is 0 Å². The van der Waals surface area contributed by atoms with Gasteiger partial charge in [-0.1, -0.05) is 123 Å². The number of amides is 3. The second kappa shape index (κ2) is 20.7. The van der Waals surface area contributed by atoms with E-state index < -0.39 is 23.9 Å². The van der Waals surface area contributed by atoms with Gasteiger partial charge in [0.05, 0.1) is 5.56 Å². The Kier molecular flexibility index (Phi) is 15.2. The van der Waals surface area contributed by atoms with Crippen molar-refractivity contribution in [3.05, 3.63) is 143 Å². The summed E-state index contributed by atoms with van der Waals surface area (Å²) in [7, 11) is 0. The fourth-order valence-electron chi connectivity index (χ4n) is 7.03. The van der Waals surface area contributed by atoms with Gasteiger partial charge in [0, 0.05) is 49.1 Å².